The van der Waals surface area contributed by atoms with Crippen molar-refractivity contribution in [3.8, 4) is 22.3 Å². The number of methoxy groups -OCH3 is 1. The first-order valence-corrected chi connectivity index (χ1v) is 10.5. The van der Waals surface area contributed by atoms with Gasteiger partial charge in [-0.15, -0.1) is 0 Å². The molecule has 0 saturated carbocycles. The molecule has 3 aromatic carbocycles. The highest BCUT2D eigenvalue weighted by atomic mass is 16.5. The molecule has 2 heteroatoms. The van der Waals surface area contributed by atoms with E-state index in [1.807, 2.05) is 7.11 Å². The number of nitrogens with zero attached hydrogens (tertiary/aromatic N) is 1. The third-order valence-corrected chi connectivity index (χ3v) is 6.12. The summed E-state index contributed by atoms with van der Waals surface area (Å²) in [5, 5.41) is 0. The third-order valence-electron chi connectivity index (χ3n) is 6.12. The van der Waals surface area contributed by atoms with Crippen LogP contribution in [0.15, 0.2) is 66.7 Å². The van der Waals surface area contributed by atoms with Crippen molar-refractivity contribution >= 4 is 0 Å². The van der Waals surface area contributed by atoms with E-state index in [4.69, 9.17) is 4.74 Å². The first kappa shape index (κ1) is 19.9. The molecule has 0 radical (unpaired) electrons. The van der Waals surface area contributed by atoms with E-state index in [-0.39, 0.29) is 6.10 Å². The Balaban J connectivity index is 1.58. The lowest BCUT2D eigenvalue weighted by atomic mass is 9.80. The molecule has 1 aliphatic rings. The quantitative estimate of drug-likeness (QED) is 0.523. The molecule has 2 nitrogen and oxygen atoms in total. The van der Waals surface area contributed by atoms with Crippen LogP contribution in [0, 0.1) is 12.8 Å². The summed E-state index contributed by atoms with van der Waals surface area (Å²) in [4.78, 5) is 2.27. The Kier molecular flexibility index (Phi) is 5.84. The van der Waals surface area contributed by atoms with Crippen LogP contribution in [0.1, 0.15) is 29.2 Å². The van der Waals surface area contributed by atoms with Gasteiger partial charge in [-0.1, -0.05) is 72.3 Å². The van der Waals surface area contributed by atoms with Crippen LogP contribution in [0.25, 0.3) is 22.3 Å². The van der Waals surface area contributed by atoms with Gasteiger partial charge in [0, 0.05) is 19.6 Å². The smallest absolute Gasteiger partial charge is 0.0864 e. The van der Waals surface area contributed by atoms with Crippen molar-refractivity contribution in [1.82, 2.24) is 4.90 Å². The predicted octanol–water partition coefficient (Wildman–Crippen LogP) is 6.14. The van der Waals surface area contributed by atoms with E-state index in [1.165, 1.54) is 45.4 Å². The minimum Gasteiger partial charge on any atom is -0.376 e. The van der Waals surface area contributed by atoms with Crippen LogP contribution in [0.3, 0.4) is 0 Å². The predicted molar refractivity (Wildman–Crippen MR) is 122 cm³/mol. The number of ether oxygens (including phenoxy) is 1. The van der Waals surface area contributed by atoms with Crippen molar-refractivity contribution in [3.63, 3.8) is 0 Å². The summed E-state index contributed by atoms with van der Waals surface area (Å²) in [6, 6.07) is 24.6. The first-order chi connectivity index (χ1) is 14.0. The average molecular weight is 386 g/mol. The zero-order chi connectivity index (χ0) is 20.4. The van der Waals surface area contributed by atoms with Gasteiger partial charge < -0.3 is 9.64 Å². The maximum absolute atomic E-state index is 5.92. The summed E-state index contributed by atoms with van der Waals surface area (Å²) in [5.41, 5.74) is 9.19. The molecule has 0 aromatic heterocycles. The molecule has 0 spiro atoms. The topological polar surface area (TPSA) is 12.5 Å². The fraction of sp³-hybridized carbons (Fsp3) is 0.333. The summed E-state index contributed by atoms with van der Waals surface area (Å²) in [6.45, 7) is 3.19. The molecule has 0 N–H and O–H groups in total. The first-order valence-electron chi connectivity index (χ1n) is 10.5. The fourth-order valence-corrected chi connectivity index (χ4v) is 4.60. The highest BCUT2D eigenvalue weighted by molar-refractivity contribution is 5.71. The van der Waals surface area contributed by atoms with Gasteiger partial charge in [-0.05, 0) is 67.2 Å². The van der Waals surface area contributed by atoms with E-state index in [0.29, 0.717) is 5.92 Å². The summed E-state index contributed by atoms with van der Waals surface area (Å²) in [5.74, 6) is 0.558. The standard InChI is InChI=1S/C27H31NO/c1-19-5-7-20(8-6-19)21-9-11-22(12-10-21)23-15-16-26-24(17-23)13-14-25(18-28(2)3)27(26)29-4/h5-12,15-17,25,27H,13-14,18H2,1-4H3. The van der Waals surface area contributed by atoms with Crippen LogP contribution in [-0.4, -0.2) is 32.6 Å². The van der Waals surface area contributed by atoms with Crippen LogP contribution < -0.4 is 0 Å². The summed E-state index contributed by atoms with van der Waals surface area (Å²) in [7, 11) is 6.14. The number of hydrogen-bond donors (Lipinski definition) is 0. The number of fused-ring (bicyclic) bond motifs is 1. The average Bonchev–Trinajstić information content (AvgIpc) is 2.73. The Labute approximate surface area is 175 Å². The van der Waals surface area contributed by atoms with Gasteiger partial charge >= 0.3 is 0 Å². The van der Waals surface area contributed by atoms with Gasteiger partial charge in [-0.2, -0.15) is 0 Å². The van der Waals surface area contributed by atoms with E-state index < -0.39 is 0 Å². The molecule has 3 aromatic rings. The maximum Gasteiger partial charge on any atom is 0.0864 e. The van der Waals surface area contributed by atoms with Crippen LogP contribution in [-0.2, 0) is 11.2 Å². The Morgan fingerprint density at radius 3 is 1.97 bits per heavy atom. The van der Waals surface area contributed by atoms with Crippen LogP contribution >= 0.6 is 0 Å². The lowest BCUT2D eigenvalue weighted by Gasteiger charge is -2.34. The molecule has 0 fully saturated rings. The van der Waals surface area contributed by atoms with Gasteiger partial charge in [0.15, 0.2) is 0 Å². The van der Waals surface area contributed by atoms with Crippen molar-refractivity contribution < 1.29 is 4.74 Å². The number of aryl methyl sites for hydroxylation is 2. The van der Waals surface area contributed by atoms with Crippen molar-refractivity contribution in [3.05, 3.63) is 83.4 Å². The molecule has 0 heterocycles. The highest BCUT2D eigenvalue weighted by Gasteiger charge is 2.30. The van der Waals surface area contributed by atoms with Crippen LogP contribution in [0.2, 0.25) is 0 Å². The Morgan fingerprint density at radius 2 is 1.38 bits per heavy atom. The van der Waals surface area contributed by atoms with Crippen molar-refractivity contribution in [2.24, 2.45) is 5.92 Å². The van der Waals surface area contributed by atoms with E-state index in [1.54, 1.807) is 0 Å². The van der Waals surface area contributed by atoms with Crippen molar-refractivity contribution in [2.45, 2.75) is 25.9 Å². The molecule has 2 unspecified atom stereocenters. The second-order valence-electron chi connectivity index (χ2n) is 8.57. The molecule has 0 aliphatic heterocycles. The minimum absolute atomic E-state index is 0.194. The monoisotopic (exact) mass is 385 g/mol. The molecular weight excluding hydrogens is 354 g/mol. The molecule has 0 saturated heterocycles. The van der Waals surface area contributed by atoms with Gasteiger partial charge in [0.2, 0.25) is 0 Å². The Bertz CT molecular complexity index is 957. The SMILES string of the molecule is COC1c2ccc(-c3ccc(-c4ccc(C)cc4)cc3)cc2CCC1CN(C)C. The normalized spacial score (nSPS) is 18.7. The van der Waals surface area contributed by atoms with Crippen molar-refractivity contribution in [2.75, 3.05) is 27.7 Å². The molecule has 4 rings (SSSR count). The maximum atomic E-state index is 5.92. The van der Waals surface area contributed by atoms with E-state index in [0.717, 1.165) is 13.0 Å². The van der Waals surface area contributed by atoms with E-state index in [2.05, 4.69) is 92.6 Å². The lowest BCUT2D eigenvalue weighted by Crippen LogP contribution is -2.31. The minimum atomic E-state index is 0.194. The Morgan fingerprint density at radius 1 is 0.828 bits per heavy atom. The lowest BCUT2D eigenvalue weighted by molar-refractivity contribution is 0.0299. The Hall–Kier alpha value is -2.42. The fourth-order valence-electron chi connectivity index (χ4n) is 4.60. The summed E-state index contributed by atoms with van der Waals surface area (Å²) < 4.78 is 5.92. The second kappa shape index (κ2) is 8.52. The number of hydrogen-bond acceptors (Lipinski definition) is 2. The van der Waals surface area contributed by atoms with Crippen molar-refractivity contribution in [1.29, 1.82) is 0 Å². The molecule has 0 bridgehead atoms. The van der Waals surface area contributed by atoms with E-state index >= 15 is 0 Å². The van der Waals surface area contributed by atoms with Crippen LogP contribution in [0.4, 0.5) is 0 Å². The molecule has 0 amide bonds. The van der Waals surface area contributed by atoms with Gasteiger partial charge in [-0.3, -0.25) is 0 Å². The van der Waals surface area contributed by atoms with Crippen LogP contribution in [0.5, 0.6) is 0 Å². The molecular formula is C27H31NO. The largest absolute Gasteiger partial charge is 0.376 e. The van der Waals surface area contributed by atoms with Gasteiger partial charge in [0.05, 0.1) is 6.10 Å². The highest BCUT2D eigenvalue weighted by Crippen LogP contribution is 2.39. The van der Waals surface area contributed by atoms with Gasteiger partial charge in [-0.25, -0.2) is 0 Å². The summed E-state index contributed by atoms with van der Waals surface area (Å²) >= 11 is 0. The zero-order valence-electron chi connectivity index (χ0n) is 18.0. The molecule has 150 valence electrons. The van der Waals surface area contributed by atoms with Gasteiger partial charge in [0.1, 0.15) is 0 Å². The summed E-state index contributed by atoms with van der Waals surface area (Å²) in [6.07, 6.45) is 2.50. The second-order valence-corrected chi connectivity index (χ2v) is 8.57. The molecule has 2 atom stereocenters. The third kappa shape index (κ3) is 4.29. The molecule has 1 aliphatic carbocycles. The van der Waals surface area contributed by atoms with Gasteiger partial charge in [0.25, 0.3) is 0 Å². The van der Waals surface area contributed by atoms with E-state index in [9.17, 15) is 0 Å². The number of benzene rings is 3. The number of rotatable bonds is 5. The molecule has 29 heavy (non-hydrogen) atoms. The zero-order valence-corrected chi connectivity index (χ0v) is 18.0.